The fourth-order valence-electron chi connectivity index (χ4n) is 2.42. The number of rotatable bonds is 3. The molecule has 27 heavy (non-hydrogen) atoms. The van der Waals surface area contributed by atoms with Crippen LogP contribution in [0.15, 0.2) is 36.4 Å². The molecule has 1 saturated heterocycles. The van der Waals surface area contributed by atoms with Crippen LogP contribution in [0, 0.1) is 27.6 Å². The zero-order valence-corrected chi connectivity index (χ0v) is 13.2. The van der Waals surface area contributed by atoms with Crippen LogP contribution in [0.2, 0.25) is 0 Å². The van der Waals surface area contributed by atoms with Gasteiger partial charge in [-0.3, -0.25) is 10.1 Å². The van der Waals surface area contributed by atoms with Crippen molar-refractivity contribution in [3.63, 3.8) is 0 Å². The van der Waals surface area contributed by atoms with E-state index in [2.05, 4.69) is 0 Å². The maximum atomic E-state index is 13.4. The minimum absolute atomic E-state index is 0.111. The van der Waals surface area contributed by atoms with E-state index in [1.165, 1.54) is 0 Å². The molecule has 2 aromatic carbocycles. The first-order valence-corrected chi connectivity index (χ1v) is 7.34. The van der Waals surface area contributed by atoms with Crippen LogP contribution < -0.4 is 4.74 Å². The first kappa shape index (κ1) is 18.2. The van der Waals surface area contributed by atoms with Crippen LogP contribution in [0.5, 0.6) is 5.75 Å². The standard InChI is InChI=1S/C16H9F3N2O6/c17-11-5-8(6-12(18)14(11)19)13-7-26-15(22)20(13)16(23)27-10-3-1-9(2-4-10)21(24)25/h1-6,13H,7H2. The van der Waals surface area contributed by atoms with Crippen molar-refractivity contribution >= 4 is 17.9 Å². The summed E-state index contributed by atoms with van der Waals surface area (Å²) in [7, 11) is 0. The van der Waals surface area contributed by atoms with Crippen LogP contribution in [0.3, 0.4) is 0 Å². The van der Waals surface area contributed by atoms with E-state index >= 15 is 0 Å². The molecule has 1 atom stereocenters. The van der Waals surface area contributed by atoms with Crippen LogP contribution in [0.1, 0.15) is 11.6 Å². The third kappa shape index (κ3) is 3.52. The van der Waals surface area contributed by atoms with Gasteiger partial charge in [-0.1, -0.05) is 0 Å². The summed E-state index contributed by atoms with van der Waals surface area (Å²) in [6.07, 6.45) is -2.36. The smallest absolute Gasteiger partial charge is 0.425 e. The molecule has 11 heteroatoms. The Morgan fingerprint density at radius 2 is 1.78 bits per heavy atom. The number of carbonyl (C=O) groups excluding carboxylic acids is 2. The molecular formula is C16H9F3N2O6. The highest BCUT2D eigenvalue weighted by molar-refractivity contribution is 5.90. The maximum absolute atomic E-state index is 13.4. The number of nitro benzene ring substituents is 1. The normalized spacial score (nSPS) is 16.2. The third-order valence-corrected chi connectivity index (χ3v) is 3.71. The SMILES string of the molecule is O=C1OCC(c2cc(F)c(F)c(F)c2)N1C(=O)Oc1ccc([N+](=O)[O-])cc1. The zero-order valence-electron chi connectivity index (χ0n) is 13.2. The second-order valence-corrected chi connectivity index (χ2v) is 5.38. The van der Waals surface area contributed by atoms with E-state index in [1.54, 1.807) is 0 Å². The van der Waals surface area contributed by atoms with Gasteiger partial charge in [-0.25, -0.2) is 27.7 Å². The molecule has 2 amide bonds. The first-order chi connectivity index (χ1) is 12.8. The van der Waals surface area contributed by atoms with Crippen molar-refractivity contribution in [3.05, 3.63) is 69.5 Å². The number of cyclic esters (lactones) is 1. The lowest BCUT2D eigenvalue weighted by Crippen LogP contribution is -2.36. The second-order valence-electron chi connectivity index (χ2n) is 5.38. The molecule has 3 rings (SSSR count). The topological polar surface area (TPSA) is 99.0 Å². The third-order valence-electron chi connectivity index (χ3n) is 3.71. The van der Waals surface area contributed by atoms with Crippen LogP contribution in [0.25, 0.3) is 0 Å². The van der Waals surface area contributed by atoms with E-state index < -0.39 is 47.2 Å². The number of halogens is 3. The molecule has 0 radical (unpaired) electrons. The number of carbonyl (C=O) groups is 2. The van der Waals surface area contributed by atoms with Gasteiger partial charge in [0.15, 0.2) is 17.5 Å². The van der Waals surface area contributed by atoms with Gasteiger partial charge in [0.05, 0.1) is 4.92 Å². The summed E-state index contributed by atoms with van der Waals surface area (Å²) >= 11 is 0. The number of non-ortho nitro benzene ring substituents is 1. The molecule has 1 fully saturated rings. The largest absolute Gasteiger partial charge is 0.446 e. The van der Waals surface area contributed by atoms with Gasteiger partial charge in [0.25, 0.3) is 5.69 Å². The molecular weight excluding hydrogens is 373 g/mol. The fourth-order valence-corrected chi connectivity index (χ4v) is 2.42. The lowest BCUT2D eigenvalue weighted by Gasteiger charge is -2.19. The van der Waals surface area contributed by atoms with E-state index in [0.717, 1.165) is 24.3 Å². The van der Waals surface area contributed by atoms with Crippen molar-refractivity contribution in [2.24, 2.45) is 0 Å². The summed E-state index contributed by atoms with van der Waals surface area (Å²) in [5.74, 6) is -4.79. The van der Waals surface area contributed by atoms with E-state index in [-0.39, 0.29) is 17.0 Å². The summed E-state index contributed by atoms with van der Waals surface area (Å²) in [5, 5.41) is 10.6. The number of nitro groups is 1. The molecule has 1 unspecified atom stereocenters. The van der Waals surface area contributed by atoms with Crippen LogP contribution >= 0.6 is 0 Å². The summed E-state index contributed by atoms with van der Waals surface area (Å²) in [5.41, 5.74) is -0.455. The van der Waals surface area contributed by atoms with Crippen molar-refractivity contribution in [2.45, 2.75) is 6.04 Å². The van der Waals surface area contributed by atoms with Gasteiger partial charge in [0.1, 0.15) is 18.4 Å². The van der Waals surface area contributed by atoms with Gasteiger partial charge < -0.3 is 9.47 Å². The quantitative estimate of drug-likeness (QED) is 0.456. The Labute approximate surface area is 148 Å². The summed E-state index contributed by atoms with van der Waals surface area (Å²) in [6, 6.07) is 4.44. The molecule has 1 aliphatic rings. The number of ether oxygens (including phenoxy) is 2. The minimum Gasteiger partial charge on any atom is -0.446 e. The Balaban J connectivity index is 1.83. The molecule has 0 aliphatic carbocycles. The Morgan fingerprint density at radius 1 is 1.19 bits per heavy atom. The maximum Gasteiger partial charge on any atom is 0.425 e. The van der Waals surface area contributed by atoms with Crippen molar-refractivity contribution in [2.75, 3.05) is 6.61 Å². The van der Waals surface area contributed by atoms with Crippen LogP contribution in [-0.4, -0.2) is 28.6 Å². The predicted octanol–water partition coefficient (Wildman–Crippen LogP) is 3.70. The minimum atomic E-state index is -1.69. The molecule has 0 N–H and O–H groups in total. The molecule has 0 aromatic heterocycles. The molecule has 2 aromatic rings. The van der Waals surface area contributed by atoms with Crippen molar-refractivity contribution in [3.8, 4) is 5.75 Å². The van der Waals surface area contributed by atoms with E-state index in [1.807, 2.05) is 0 Å². The van der Waals surface area contributed by atoms with Crippen molar-refractivity contribution in [1.29, 1.82) is 0 Å². The Morgan fingerprint density at radius 3 is 2.33 bits per heavy atom. The average Bonchev–Trinajstić information content (AvgIpc) is 3.01. The highest BCUT2D eigenvalue weighted by Gasteiger charge is 2.41. The second kappa shape index (κ2) is 6.94. The Hall–Kier alpha value is -3.63. The number of hydrogen-bond donors (Lipinski definition) is 0. The van der Waals surface area contributed by atoms with Crippen LogP contribution in [-0.2, 0) is 4.74 Å². The molecule has 1 heterocycles. The van der Waals surface area contributed by atoms with Crippen LogP contribution in [0.4, 0.5) is 28.4 Å². The Bertz CT molecular complexity index is 911. The molecule has 0 spiro atoms. The van der Waals surface area contributed by atoms with E-state index in [4.69, 9.17) is 9.47 Å². The van der Waals surface area contributed by atoms with Gasteiger partial charge in [-0.05, 0) is 29.8 Å². The highest BCUT2D eigenvalue weighted by Crippen LogP contribution is 2.31. The summed E-state index contributed by atoms with van der Waals surface area (Å²) < 4.78 is 49.6. The highest BCUT2D eigenvalue weighted by atomic mass is 19.2. The number of benzene rings is 2. The molecule has 140 valence electrons. The van der Waals surface area contributed by atoms with Gasteiger partial charge >= 0.3 is 12.2 Å². The molecule has 0 saturated carbocycles. The predicted molar refractivity (Wildman–Crippen MR) is 81.4 cm³/mol. The fraction of sp³-hybridized carbons (Fsp3) is 0.125. The molecule has 0 bridgehead atoms. The number of nitrogens with zero attached hydrogens (tertiary/aromatic N) is 2. The first-order valence-electron chi connectivity index (χ1n) is 7.34. The van der Waals surface area contributed by atoms with Crippen molar-refractivity contribution in [1.82, 2.24) is 4.90 Å². The summed E-state index contributed by atoms with van der Waals surface area (Å²) in [6.45, 7) is -0.418. The van der Waals surface area contributed by atoms with E-state index in [0.29, 0.717) is 17.0 Å². The van der Waals surface area contributed by atoms with Gasteiger partial charge in [0, 0.05) is 12.1 Å². The summed E-state index contributed by atoms with van der Waals surface area (Å²) in [4.78, 5) is 34.5. The van der Waals surface area contributed by atoms with Gasteiger partial charge in [-0.15, -0.1) is 0 Å². The Kier molecular flexibility index (Phi) is 4.67. The van der Waals surface area contributed by atoms with Crippen molar-refractivity contribution < 1.29 is 37.2 Å². The lowest BCUT2D eigenvalue weighted by molar-refractivity contribution is -0.384. The molecule has 1 aliphatic heterocycles. The zero-order chi connectivity index (χ0) is 19.7. The monoisotopic (exact) mass is 382 g/mol. The number of hydrogen-bond acceptors (Lipinski definition) is 6. The number of amides is 2. The lowest BCUT2D eigenvalue weighted by atomic mass is 10.1. The number of imide groups is 1. The molecule has 8 nitrogen and oxygen atoms in total. The van der Waals surface area contributed by atoms with Gasteiger partial charge in [-0.2, -0.15) is 0 Å². The van der Waals surface area contributed by atoms with E-state index in [9.17, 15) is 32.9 Å². The average molecular weight is 382 g/mol. The van der Waals surface area contributed by atoms with Gasteiger partial charge in [0.2, 0.25) is 0 Å².